The summed E-state index contributed by atoms with van der Waals surface area (Å²) in [5, 5.41) is 0. The first-order chi connectivity index (χ1) is 41.0. The van der Waals surface area contributed by atoms with Gasteiger partial charge in [-0.25, -0.2) is 0 Å². The van der Waals surface area contributed by atoms with E-state index in [1.807, 2.05) is 0 Å². The van der Waals surface area contributed by atoms with Crippen molar-refractivity contribution in [1.29, 1.82) is 0 Å². The molecule has 0 radical (unpaired) electrons. The first-order valence-electron chi connectivity index (χ1n) is 34.7. The van der Waals surface area contributed by atoms with Crippen LogP contribution in [0, 0.1) is 0 Å². The Bertz CT molecular complexity index is 1750. The Morgan fingerprint density at radius 3 is 0.735 bits per heavy atom. The van der Waals surface area contributed by atoms with Crippen molar-refractivity contribution in [3.63, 3.8) is 0 Å². The molecular weight excluding hydrogens is 1020 g/mol. The fourth-order valence-electron chi connectivity index (χ4n) is 9.47. The lowest BCUT2D eigenvalue weighted by Gasteiger charge is -2.18. The summed E-state index contributed by atoms with van der Waals surface area (Å²) < 4.78 is 16.9. The van der Waals surface area contributed by atoms with Crippen LogP contribution >= 0.6 is 0 Å². The van der Waals surface area contributed by atoms with Crippen molar-refractivity contribution in [2.24, 2.45) is 0 Å². The van der Waals surface area contributed by atoms with Crippen molar-refractivity contribution < 1.29 is 28.6 Å². The van der Waals surface area contributed by atoms with Gasteiger partial charge in [0.1, 0.15) is 13.2 Å². The van der Waals surface area contributed by atoms with E-state index < -0.39 is 6.10 Å². The summed E-state index contributed by atoms with van der Waals surface area (Å²) in [5.74, 6) is -0.923. The van der Waals surface area contributed by atoms with Crippen LogP contribution in [0.1, 0.15) is 316 Å². The number of allylic oxidation sites excluding steroid dienone is 22. The van der Waals surface area contributed by atoms with Crippen LogP contribution in [0.3, 0.4) is 0 Å². The molecule has 1 atom stereocenters. The Balaban J connectivity index is 4.44. The number of unbranched alkanes of at least 4 members (excludes halogenated alkanes) is 29. The molecule has 6 nitrogen and oxygen atoms in total. The second kappa shape index (κ2) is 70.0. The fraction of sp³-hybridized carbons (Fsp3) is 0.675. The predicted octanol–water partition coefficient (Wildman–Crippen LogP) is 24.1. The van der Waals surface area contributed by atoms with Gasteiger partial charge in [0.25, 0.3) is 0 Å². The summed E-state index contributed by atoms with van der Waals surface area (Å²) in [6.07, 6.45) is 98.9. The van der Waals surface area contributed by atoms with Crippen LogP contribution in [0.25, 0.3) is 0 Å². The Morgan fingerprint density at radius 1 is 0.253 bits per heavy atom. The smallest absolute Gasteiger partial charge is 0.306 e. The van der Waals surface area contributed by atoms with Crippen LogP contribution in [-0.4, -0.2) is 37.2 Å². The zero-order valence-electron chi connectivity index (χ0n) is 54.2. The number of hydrogen-bond donors (Lipinski definition) is 0. The molecule has 0 spiro atoms. The highest BCUT2D eigenvalue weighted by molar-refractivity contribution is 5.71. The van der Waals surface area contributed by atoms with Gasteiger partial charge in [-0.3, -0.25) is 14.4 Å². The van der Waals surface area contributed by atoms with Gasteiger partial charge in [0.05, 0.1) is 0 Å². The third-order valence-electron chi connectivity index (χ3n) is 14.6. The maximum atomic E-state index is 12.9. The number of carbonyl (C=O) groups is 3. The first-order valence-corrected chi connectivity index (χ1v) is 34.7. The molecule has 0 aromatic rings. The Kier molecular flexibility index (Phi) is 66.3. The second-order valence-corrected chi connectivity index (χ2v) is 22.7. The van der Waals surface area contributed by atoms with E-state index in [2.05, 4.69) is 154 Å². The van der Waals surface area contributed by atoms with Gasteiger partial charge in [0.2, 0.25) is 0 Å². The monoisotopic (exact) mass is 1150 g/mol. The standard InChI is InChI=1S/C77H128O6/c1-4-7-10-13-16-19-22-25-28-30-32-34-35-36-37-38-39-40-41-43-44-46-49-52-55-58-61-64-67-70-76(79)82-73-74(72-81-75(78)69-66-63-60-57-54-51-48-27-24-21-18-15-12-9-6-3)83-77(80)71-68-65-62-59-56-53-50-47-45-42-33-31-29-26-23-20-17-14-11-8-5-2/h7,10,16,19,23,25-26,28,31-34,36-37,39-40,43-45,47,49,52,74H,4-6,8-9,11-15,17-18,20-22,24,27,29-30,35,38,41-42,46,48,50-51,53-73H2,1-3H3/b10-7-,19-16-,26-23-,28-25-,33-31-,34-32-,37-36-,40-39-,44-43-,47-45-,52-49-. The molecule has 0 aromatic carbocycles. The van der Waals surface area contributed by atoms with Gasteiger partial charge >= 0.3 is 17.9 Å². The number of esters is 3. The Morgan fingerprint density at radius 2 is 0.470 bits per heavy atom. The van der Waals surface area contributed by atoms with Crippen LogP contribution in [0.15, 0.2) is 134 Å². The summed E-state index contributed by atoms with van der Waals surface area (Å²) in [5.41, 5.74) is 0. The van der Waals surface area contributed by atoms with Gasteiger partial charge in [-0.15, -0.1) is 0 Å². The van der Waals surface area contributed by atoms with Gasteiger partial charge < -0.3 is 14.2 Å². The molecular formula is C77H128O6. The number of hydrogen-bond acceptors (Lipinski definition) is 6. The van der Waals surface area contributed by atoms with Crippen LogP contribution in [-0.2, 0) is 28.6 Å². The van der Waals surface area contributed by atoms with E-state index >= 15 is 0 Å². The summed E-state index contributed by atoms with van der Waals surface area (Å²) in [4.78, 5) is 38.4. The minimum Gasteiger partial charge on any atom is -0.462 e. The van der Waals surface area contributed by atoms with Gasteiger partial charge in [-0.05, 0) is 122 Å². The maximum absolute atomic E-state index is 12.9. The van der Waals surface area contributed by atoms with Crippen LogP contribution in [0.5, 0.6) is 0 Å². The summed E-state index contributed by atoms with van der Waals surface area (Å²) in [6.45, 7) is 6.51. The highest BCUT2D eigenvalue weighted by Crippen LogP contribution is 2.16. The third kappa shape index (κ3) is 68.2. The molecule has 0 saturated carbocycles. The van der Waals surface area contributed by atoms with E-state index in [1.165, 1.54) is 128 Å². The second-order valence-electron chi connectivity index (χ2n) is 22.7. The van der Waals surface area contributed by atoms with E-state index in [-0.39, 0.29) is 31.1 Å². The molecule has 0 N–H and O–H groups in total. The van der Waals surface area contributed by atoms with Crippen molar-refractivity contribution >= 4 is 17.9 Å². The summed E-state index contributed by atoms with van der Waals surface area (Å²) >= 11 is 0. The molecule has 83 heavy (non-hydrogen) atoms. The molecule has 0 aromatic heterocycles. The molecule has 472 valence electrons. The zero-order chi connectivity index (χ0) is 59.9. The highest BCUT2D eigenvalue weighted by Gasteiger charge is 2.19. The molecule has 0 amide bonds. The summed E-state index contributed by atoms with van der Waals surface area (Å²) in [6, 6.07) is 0. The SMILES string of the molecule is CC/C=C\C/C=C\C/C=C\C/C=C\C/C=C\C/C=C\C/C=C\C/C=C\CCCCCCC(=O)OCC(COC(=O)CCCCCCCCCCCCCCCCC)OC(=O)CCCCCCCC/C=C\C/C=C\C/C=C\CCCCCCC. The van der Waals surface area contributed by atoms with Crippen LogP contribution in [0.4, 0.5) is 0 Å². The maximum Gasteiger partial charge on any atom is 0.306 e. The normalized spacial score (nSPS) is 13.0. The molecule has 0 heterocycles. The van der Waals surface area contributed by atoms with Crippen molar-refractivity contribution in [2.75, 3.05) is 13.2 Å². The van der Waals surface area contributed by atoms with E-state index in [0.717, 1.165) is 148 Å². The fourth-order valence-corrected chi connectivity index (χ4v) is 9.47. The molecule has 0 aliphatic heterocycles. The largest absolute Gasteiger partial charge is 0.462 e. The van der Waals surface area contributed by atoms with Crippen molar-refractivity contribution in [1.82, 2.24) is 0 Å². The van der Waals surface area contributed by atoms with Crippen molar-refractivity contribution in [3.8, 4) is 0 Å². The van der Waals surface area contributed by atoms with E-state index in [0.29, 0.717) is 19.3 Å². The van der Waals surface area contributed by atoms with Gasteiger partial charge in [0, 0.05) is 19.3 Å². The lowest BCUT2D eigenvalue weighted by atomic mass is 10.0. The number of rotatable bonds is 62. The topological polar surface area (TPSA) is 78.9 Å². The third-order valence-corrected chi connectivity index (χ3v) is 14.6. The highest BCUT2D eigenvalue weighted by atomic mass is 16.6. The molecule has 0 saturated heterocycles. The van der Waals surface area contributed by atoms with Gasteiger partial charge in [-0.1, -0.05) is 309 Å². The van der Waals surface area contributed by atoms with Gasteiger partial charge in [0.15, 0.2) is 6.10 Å². The minimum atomic E-state index is -0.801. The molecule has 1 unspecified atom stereocenters. The minimum absolute atomic E-state index is 0.0925. The van der Waals surface area contributed by atoms with E-state index in [9.17, 15) is 14.4 Å². The summed E-state index contributed by atoms with van der Waals surface area (Å²) in [7, 11) is 0. The van der Waals surface area contributed by atoms with Crippen LogP contribution in [0.2, 0.25) is 0 Å². The molecule has 0 bridgehead atoms. The predicted molar refractivity (Wildman–Crippen MR) is 362 cm³/mol. The molecule has 0 aliphatic rings. The quantitative estimate of drug-likeness (QED) is 0.0261. The lowest BCUT2D eigenvalue weighted by molar-refractivity contribution is -0.167. The number of carbonyl (C=O) groups excluding carboxylic acids is 3. The Hall–Kier alpha value is -4.45. The average molecular weight is 1150 g/mol. The van der Waals surface area contributed by atoms with Crippen molar-refractivity contribution in [2.45, 2.75) is 322 Å². The van der Waals surface area contributed by atoms with Gasteiger partial charge in [-0.2, -0.15) is 0 Å². The Labute approximate surface area is 513 Å². The number of ether oxygens (including phenoxy) is 3. The zero-order valence-corrected chi connectivity index (χ0v) is 54.2. The molecule has 0 rings (SSSR count). The van der Waals surface area contributed by atoms with Crippen LogP contribution < -0.4 is 0 Å². The van der Waals surface area contributed by atoms with E-state index in [4.69, 9.17) is 14.2 Å². The molecule has 6 heteroatoms. The molecule has 0 fully saturated rings. The first kappa shape index (κ1) is 78.5. The van der Waals surface area contributed by atoms with E-state index in [1.54, 1.807) is 0 Å². The molecule has 0 aliphatic carbocycles. The average Bonchev–Trinajstić information content (AvgIpc) is 3.49. The lowest BCUT2D eigenvalue weighted by Crippen LogP contribution is -2.30. The van der Waals surface area contributed by atoms with Crippen molar-refractivity contribution in [3.05, 3.63) is 134 Å².